The molecule has 0 amide bonds. The summed E-state index contributed by atoms with van der Waals surface area (Å²) in [6, 6.07) is 12.4. The quantitative estimate of drug-likeness (QED) is 0.321. The summed E-state index contributed by atoms with van der Waals surface area (Å²) in [5.74, 6) is -1.63. The lowest BCUT2D eigenvalue weighted by Gasteiger charge is -2.14. The van der Waals surface area contributed by atoms with Crippen LogP contribution in [0.15, 0.2) is 59.6 Å². The summed E-state index contributed by atoms with van der Waals surface area (Å²) in [6.07, 6.45) is 2.70. The molecule has 0 atom stereocenters. The molecule has 2 aromatic heterocycles. The van der Waals surface area contributed by atoms with Crippen LogP contribution in [0.5, 0.6) is 0 Å². The number of carboxylic acid groups (broad SMARTS) is 1. The Morgan fingerprint density at radius 1 is 1.15 bits per heavy atom. The van der Waals surface area contributed by atoms with Gasteiger partial charge >= 0.3 is 5.97 Å². The molecule has 0 bridgehead atoms. The van der Waals surface area contributed by atoms with Crippen LogP contribution in [0.2, 0.25) is 10.2 Å². The number of aromatic carboxylic acids is 1. The number of hydrogen-bond acceptors (Lipinski definition) is 4. The van der Waals surface area contributed by atoms with E-state index in [9.17, 15) is 18.3 Å². The predicted molar refractivity (Wildman–Crippen MR) is 127 cm³/mol. The molecule has 2 heterocycles. The van der Waals surface area contributed by atoms with Gasteiger partial charge in [0, 0.05) is 29.3 Å². The fourth-order valence-electron chi connectivity index (χ4n) is 4.06. The first kappa shape index (κ1) is 22.8. The second-order valence-electron chi connectivity index (χ2n) is 8.17. The molecule has 6 nitrogen and oxygen atoms in total. The minimum Gasteiger partial charge on any atom is -0.478 e. The summed E-state index contributed by atoms with van der Waals surface area (Å²) < 4.78 is 43.7. The zero-order chi connectivity index (χ0) is 24.2. The standard InChI is InChI=1S/C24H17Cl2FN2O4S/c25-22-18(23(26)28-12-19(22)24(30)31)11-15-10-17-20(27)8-14(13-6-7-13)9-21(17)29(15)34(32,33)16-4-2-1-3-5-16/h1-5,8-10,12-13H,6-7,11H2,(H,30,31). The van der Waals surface area contributed by atoms with Gasteiger partial charge in [0.05, 0.1) is 21.0 Å². The highest BCUT2D eigenvalue weighted by atomic mass is 35.5. The average Bonchev–Trinajstić information content (AvgIpc) is 3.58. The summed E-state index contributed by atoms with van der Waals surface area (Å²) in [6.45, 7) is 0. The fourth-order valence-corrected chi connectivity index (χ4v) is 6.15. The maximum Gasteiger partial charge on any atom is 0.338 e. The first-order valence-corrected chi connectivity index (χ1v) is 12.6. The normalized spacial score (nSPS) is 14.0. The highest BCUT2D eigenvalue weighted by Crippen LogP contribution is 2.42. The molecule has 0 unspecified atom stereocenters. The Morgan fingerprint density at radius 2 is 1.85 bits per heavy atom. The van der Waals surface area contributed by atoms with E-state index in [1.165, 1.54) is 24.3 Å². The van der Waals surface area contributed by atoms with E-state index < -0.39 is 21.8 Å². The maximum atomic E-state index is 15.1. The number of halogens is 3. The van der Waals surface area contributed by atoms with Crippen molar-refractivity contribution in [3.8, 4) is 0 Å². The van der Waals surface area contributed by atoms with E-state index in [4.69, 9.17) is 23.2 Å². The molecular weight excluding hydrogens is 502 g/mol. The van der Waals surface area contributed by atoms with Gasteiger partial charge in [-0.05, 0) is 54.7 Å². The van der Waals surface area contributed by atoms with Crippen molar-refractivity contribution in [2.24, 2.45) is 0 Å². The van der Waals surface area contributed by atoms with E-state index in [0.29, 0.717) is 0 Å². The van der Waals surface area contributed by atoms with Crippen molar-refractivity contribution in [2.75, 3.05) is 0 Å². The van der Waals surface area contributed by atoms with Crippen molar-refractivity contribution in [3.05, 3.63) is 93.1 Å². The highest BCUT2D eigenvalue weighted by Gasteiger charge is 2.29. The minimum absolute atomic E-state index is 0.0283. The molecule has 1 aliphatic rings. The molecule has 5 rings (SSSR count). The van der Waals surface area contributed by atoms with Gasteiger partial charge in [0.2, 0.25) is 0 Å². The lowest BCUT2D eigenvalue weighted by atomic mass is 10.1. The Morgan fingerprint density at radius 3 is 2.50 bits per heavy atom. The Bertz CT molecular complexity index is 1570. The lowest BCUT2D eigenvalue weighted by molar-refractivity contribution is 0.0696. The van der Waals surface area contributed by atoms with Crippen LogP contribution in [0.1, 0.15) is 45.9 Å². The van der Waals surface area contributed by atoms with Gasteiger partial charge in [-0.25, -0.2) is 26.6 Å². The zero-order valence-corrected chi connectivity index (χ0v) is 19.8. The van der Waals surface area contributed by atoms with Crippen LogP contribution in [0.4, 0.5) is 4.39 Å². The number of carbonyl (C=O) groups is 1. The largest absolute Gasteiger partial charge is 0.478 e. The van der Waals surface area contributed by atoms with Gasteiger partial charge in [-0.1, -0.05) is 41.4 Å². The van der Waals surface area contributed by atoms with Gasteiger partial charge in [-0.15, -0.1) is 0 Å². The number of benzene rings is 2. The van der Waals surface area contributed by atoms with E-state index in [-0.39, 0.29) is 55.1 Å². The van der Waals surface area contributed by atoms with Crippen molar-refractivity contribution < 1.29 is 22.7 Å². The number of nitrogens with zero attached hydrogens (tertiary/aromatic N) is 2. The fraction of sp³-hybridized carbons (Fsp3) is 0.167. The topological polar surface area (TPSA) is 89.3 Å². The highest BCUT2D eigenvalue weighted by molar-refractivity contribution is 7.90. The molecule has 0 aliphatic heterocycles. The smallest absolute Gasteiger partial charge is 0.338 e. The zero-order valence-electron chi connectivity index (χ0n) is 17.5. The number of aromatic nitrogens is 2. The first-order valence-electron chi connectivity index (χ1n) is 10.4. The molecule has 0 spiro atoms. The molecule has 1 fully saturated rings. The molecule has 1 N–H and O–H groups in total. The molecule has 1 saturated carbocycles. The van der Waals surface area contributed by atoms with Crippen LogP contribution in [0, 0.1) is 5.82 Å². The van der Waals surface area contributed by atoms with Gasteiger partial charge in [-0.2, -0.15) is 0 Å². The van der Waals surface area contributed by atoms with Gasteiger partial charge in [0.1, 0.15) is 11.0 Å². The molecule has 10 heteroatoms. The Labute approximate surface area is 204 Å². The molecule has 174 valence electrons. The average molecular weight is 519 g/mol. The second-order valence-corrected chi connectivity index (χ2v) is 10.7. The number of fused-ring (bicyclic) bond motifs is 1. The van der Waals surface area contributed by atoms with Gasteiger partial charge in [-0.3, -0.25) is 0 Å². The van der Waals surface area contributed by atoms with Crippen molar-refractivity contribution in [1.82, 2.24) is 8.96 Å². The Hall–Kier alpha value is -2.94. The Kier molecular flexibility index (Phi) is 5.62. The van der Waals surface area contributed by atoms with E-state index >= 15 is 4.39 Å². The molecular formula is C24H17Cl2FN2O4S. The van der Waals surface area contributed by atoms with E-state index in [0.717, 1.165) is 28.6 Å². The number of hydrogen-bond donors (Lipinski definition) is 1. The molecule has 34 heavy (non-hydrogen) atoms. The summed E-state index contributed by atoms with van der Waals surface area (Å²) >= 11 is 12.5. The van der Waals surface area contributed by atoms with Crippen molar-refractivity contribution in [1.29, 1.82) is 0 Å². The van der Waals surface area contributed by atoms with E-state index in [2.05, 4.69) is 4.98 Å². The number of pyridine rings is 1. The maximum absolute atomic E-state index is 15.1. The van der Waals surface area contributed by atoms with Crippen LogP contribution in [-0.4, -0.2) is 28.5 Å². The summed E-state index contributed by atoms with van der Waals surface area (Å²) in [5.41, 5.74) is 0.995. The van der Waals surface area contributed by atoms with Gasteiger partial charge in [0.25, 0.3) is 10.0 Å². The van der Waals surface area contributed by atoms with E-state index in [1.807, 2.05) is 0 Å². The SMILES string of the molecule is O=C(O)c1cnc(Cl)c(Cc2cc3c(F)cc(C4CC4)cc3n2S(=O)(=O)c2ccccc2)c1Cl. The third kappa shape index (κ3) is 3.85. The van der Waals surface area contributed by atoms with Crippen molar-refractivity contribution in [3.63, 3.8) is 0 Å². The van der Waals surface area contributed by atoms with Crippen LogP contribution in [0.3, 0.4) is 0 Å². The summed E-state index contributed by atoms with van der Waals surface area (Å²) in [4.78, 5) is 15.4. The van der Waals surface area contributed by atoms with Crippen molar-refractivity contribution in [2.45, 2.75) is 30.1 Å². The summed E-state index contributed by atoms with van der Waals surface area (Å²) in [7, 11) is -4.14. The molecule has 4 aromatic rings. The minimum atomic E-state index is -4.14. The number of carboxylic acids is 1. The third-order valence-electron chi connectivity index (χ3n) is 5.90. The predicted octanol–water partition coefficient (Wildman–Crippen LogP) is 5.89. The van der Waals surface area contributed by atoms with Gasteiger partial charge < -0.3 is 5.11 Å². The monoisotopic (exact) mass is 518 g/mol. The van der Waals surface area contributed by atoms with E-state index in [1.54, 1.807) is 24.3 Å². The number of rotatable bonds is 6. The van der Waals surface area contributed by atoms with Crippen LogP contribution < -0.4 is 0 Å². The molecule has 2 aromatic carbocycles. The van der Waals surface area contributed by atoms with Crippen molar-refractivity contribution >= 4 is 50.1 Å². The van der Waals surface area contributed by atoms with Crippen LogP contribution in [0.25, 0.3) is 10.9 Å². The first-order chi connectivity index (χ1) is 16.2. The summed E-state index contributed by atoms with van der Waals surface area (Å²) in [5, 5.41) is 9.31. The Balaban J connectivity index is 1.78. The lowest BCUT2D eigenvalue weighted by Crippen LogP contribution is -2.16. The molecule has 0 saturated heterocycles. The van der Waals surface area contributed by atoms with Crippen LogP contribution >= 0.6 is 23.2 Å². The third-order valence-corrected chi connectivity index (χ3v) is 8.43. The molecule has 1 aliphatic carbocycles. The molecule has 0 radical (unpaired) electrons. The second kappa shape index (κ2) is 8.37. The van der Waals surface area contributed by atoms with Gasteiger partial charge in [0.15, 0.2) is 0 Å². The van der Waals surface area contributed by atoms with Crippen LogP contribution in [-0.2, 0) is 16.4 Å².